The molecule has 5 N–H and O–H groups in total. The number of nitrogen functional groups attached to an aromatic ring is 1. The number of nitrogens with zero attached hydrogens (tertiary/aromatic N) is 2. The van der Waals surface area contributed by atoms with Gasteiger partial charge in [-0.3, -0.25) is 4.98 Å². The van der Waals surface area contributed by atoms with Crippen molar-refractivity contribution in [2.24, 2.45) is 0 Å². The van der Waals surface area contributed by atoms with Gasteiger partial charge in [0.25, 0.3) is 0 Å². The molecule has 0 fully saturated rings. The summed E-state index contributed by atoms with van der Waals surface area (Å²) in [6.45, 7) is -0.0757. The smallest absolute Gasteiger partial charge is 0.154 e. The molecule has 0 radical (unpaired) electrons. The summed E-state index contributed by atoms with van der Waals surface area (Å²) in [4.78, 5) is 8.11. The Labute approximate surface area is 139 Å². The van der Waals surface area contributed by atoms with E-state index in [1.807, 2.05) is 24.3 Å². The maximum atomic E-state index is 10.5. The van der Waals surface area contributed by atoms with Gasteiger partial charge < -0.3 is 21.3 Å². The molecule has 0 spiro atoms. The molecular weight excluding hydrogens is 304 g/mol. The van der Waals surface area contributed by atoms with E-state index in [0.717, 1.165) is 22.4 Å². The molecule has 122 valence electrons. The van der Waals surface area contributed by atoms with E-state index in [-0.39, 0.29) is 12.4 Å². The van der Waals surface area contributed by atoms with Crippen LogP contribution in [0.25, 0.3) is 11.1 Å². The van der Waals surface area contributed by atoms with Gasteiger partial charge in [-0.05, 0) is 29.3 Å². The van der Waals surface area contributed by atoms with Gasteiger partial charge in [0.1, 0.15) is 5.82 Å². The van der Waals surface area contributed by atoms with Crippen LogP contribution in [0.1, 0.15) is 17.4 Å². The molecule has 6 heteroatoms. The minimum absolute atomic E-state index is 0.0757. The quantitative estimate of drug-likeness (QED) is 0.537. The number of aliphatic hydroxyl groups excluding tert-OH is 2. The van der Waals surface area contributed by atoms with Gasteiger partial charge in [0.2, 0.25) is 0 Å². The van der Waals surface area contributed by atoms with Crippen molar-refractivity contribution in [2.45, 2.75) is 12.8 Å². The van der Waals surface area contributed by atoms with Gasteiger partial charge in [-0.15, -0.1) is 0 Å². The van der Waals surface area contributed by atoms with Crippen LogP contribution in [0.4, 0.5) is 11.5 Å². The Morgan fingerprint density at radius 2 is 1.88 bits per heavy atom. The van der Waals surface area contributed by atoms with Crippen molar-refractivity contribution in [2.75, 3.05) is 11.1 Å². The summed E-state index contributed by atoms with van der Waals surface area (Å²) in [5.74, 6) is 0.245. The van der Waals surface area contributed by atoms with Crippen LogP contribution in [0.2, 0.25) is 0 Å². The Kier molecular flexibility index (Phi) is 4.69. The predicted octanol–water partition coefficient (Wildman–Crippen LogP) is 2.32. The third-order valence-electron chi connectivity index (χ3n) is 3.73. The van der Waals surface area contributed by atoms with Crippen molar-refractivity contribution < 1.29 is 10.2 Å². The molecule has 2 heterocycles. The molecule has 0 saturated heterocycles. The third-order valence-corrected chi connectivity index (χ3v) is 3.73. The Bertz CT molecular complexity index is 824. The summed E-state index contributed by atoms with van der Waals surface area (Å²) in [5, 5.41) is 22.9. The van der Waals surface area contributed by atoms with Crippen molar-refractivity contribution in [3.63, 3.8) is 0 Å². The van der Waals surface area contributed by atoms with Gasteiger partial charge in [0.15, 0.2) is 6.23 Å². The average Bonchev–Trinajstić information content (AvgIpc) is 2.63. The largest absolute Gasteiger partial charge is 0.392 e. The second-order valence-corrected chi connectivity index (χ2v) is 5.30. The van der Waals surface area contributed by atoms with Crippen LogP contribution in [0.15, 0.2) is 61.1 Å². The lowest BCUT2D eigenvalue weighted by Crippen LogP contribution is -2.13. The second-order valence-electron chi connectivity index (χ2n) is 5.30. The first-order valence-electron chi connectivity index (χ1n) is 7.48. The Balaban J connectivity index is 1.94. The molecule has 2 aromatic heterocycles. The molecule has 0 amide bonds. The van der Waals surface area contributed by atoms with Crippen molar-refractivity contribution in [1.82, 2.24) is 9.97 Å². The van der Waals surface area contributed by atoms with Crippen molar-refractivity contribution in [3.8, 4) is 11.1 Å². The number of nitrogens with one attached hydrogen (secondary N) is 1. The highest BCUT2D eigenvalue weighted by atomic mass is 16.3. The molecule has 1 aromatic carbocycles. The van der Waals surface area contributed by atoms with Crippen molar-refractivity contribution >= 4 is 11.5 Å². The van der Waals surface area contributed by atoms with Crippen molar-refractivity contribution in [1.29, 1.82) is 0 Å². The molecule has 1 atom stereocenters. The molecule has 0 aliphatic heterocycles. The zero-order valence-electron chi connectivity index (χ0n) is 12.9. The lowest BCUT2D eigenvalue weighted by molar-refractivity contribution is 0.208. The molecule has 3 aromatic rings. The summed E-state index contributed by atoms with van der Waals surface area (Å²) < 4.78 is 0. The number of pyridine rings is 2. The molecule has 1 unspecified atom stereocenters. The van der Waals surface area contributed by atoms with Gasteiger partial charge in [-0.2, -0.15) is 0 Å². The number of rotatable bonds is 5. The number of hydrogen-bond donors (Lipinski definition) is 4. The number of benzene rings is 1. The van der Waals surface area contributed by atoms with Gasteiger partial charge >= 0.3 is 0 Å². The minimum atomic E-state index is -1.01. The highest BCUT2D eigenvalue weighted by Gasteiger charge is 2.14. The lowest BCUT2D eigenvalue weighted by Gasteiger charge is -2.17. The topological polar surface area (TPSA) is 104 Å². The summed E-state index contributed by atoms with van der Waals surface area (Å²) >= 11 is 0. The summed E-state index contributed by atoms with van der Waals surface area (Å²) in [6, 6.07) is 12.8. The van der Waals surface area contributed by atoms with E-state index in [0.29, 0.717) is 5.56 Å². The monoisotopic (exact) mass is 322 g/mol. The van der Waals surface area contributed by atoms with Crippen LogP contribution in [0.3, 0.4) is 0 Å². The molecule has 24 heavy (non-hydrogen) atoms. The minimum Gasteiger partial charge on any atom is -0.392 e. The first-order valence-corrected chi connectivity index (χ1v) is 7.48. The maximum Gasteiger partial charge on any atom is 0.154 e. The summed E-state index contributed by atoms with van der Waals surface area (Å²) in [6.07, 6.45) is 3.88. The van der Waals surface area contributed by atoms with Gasteiger partial charge in [0, 0.05) is 35.4 Å². The fraction of sp³-hybridized carbons (Fsp3) is 0.111. The van der Waals surface area contributed by atoms with Crippen LogP contribution in [-0.4, -0.2) is 20.2 Å². The maximum absolute atomic E-state index is 10.5. The lowest BCUT2D eigenvalue weighted by atomic mass is 10.00. The molecule has 0 aliphatic rings. The molecule has 3 rings (SSSR count). The normalized spacial score (nSPS) is 11.9. The third kappa shape index (κ3) is 3.34. The average molecular weight is 322 g/mol. The SMILES string of the molecule is Nc1ncc(-c2ccccc2CO)cc1C(O)Nc1ccncc1. The standard InChI is InChI=1S/C18H18N4O2/c19-17-16(18(24)22-14-5-7-20-8-6-14)9-13(10-21-17)15-4-2-1-3-12(15)11-23/h1-10,18,23-24H,11H2,(H2,19,21)(H,20,22). The first-order chi connectivity index (χ1) is 11.7. The molecular formula is C18H18N4O2. The van der Waals surface area contributed by atoms with Crippen molar-refractivity contribution in [3.05, 3.63) is 72.2 Å². The summed E-state index contributed by atoms with van der Waals surface area (Å²) in [7, 11) is 0. The van der Waals surface area contributed by atoms with E-state index < -0.39 is 6.23 Å². The van der Waals surface area contributed by atoms with E-state index in [9.17, 15) is 10.2 Å². The number of hydrogen-bond acceptors (Lipinski definition) is 6. The molecule has 0 saturated carbocycles. The molecule has 6 nitrogen and oxygen atoms in total. The van der Waals surface area contributed by atoms with E-state index >= 15 is 0 Å². The van der Waals surface area contributed by atoms with E-state index in [1.54, 1.807) is 36.8 Å². The number of aliphatic hydroxyl groups is 2. The summed E-state index contributed by atoms with van der Waals surface area (Å²) in [5.41, 5.74) is 9.52. The molecule has 0 aliphatic carbocycles. The van der Waals surface area contributed by atoms with Crippen LogP contribution >= 0.6 is 0 Å². The number of anilines is 2. The van der Waals surface area contributed by atoms with Gasteiger partial charge in [-0.1, -0.05) is 24.3 Å². The van der Waals surface area contributed by atoms with Gasteiger partial charge in [0.05, 0.1) is 6.61 Å². The highest BCUT2D eigenvalue weighted by molar-refractivity contribution is 5.69. The fourth-order valence-electron chi connectivity index (χ4n) is 2.48. The zero-order valence-corrected chi connectivity index (χ0v) is 12.9. The van der Waals surface area contributed by atoms with Gasteiger partial charge in [-0.25, -0.2) is 4.98 Å². The second kappa shape index (κ2) is 7.08. The Hall–Kier alpha value is -2.96. The van der Waals surface area contributed by atoms with E-state index in [1.165, 1.54) is 0 Å². The van der Waals surface area contributed by atoms with Crippen LogP contribution in [-0.2, 0) is 6.61 Å². The number of nitrogens with two attached hydrogens (primary N) is 1. The fourth-order valence-corrected chi connectivity index (χ4v) is 2.48. The van der Waals surface area contributed by atoms with Crippen LogP contribution in [0.5, 0.6) is 0 Å². The zero-order chi connectivity index (χ0) is 16.9. The first kappa shape index (κ1) is 15.9. The number of aromatic nitrogens is 2. The molecule has 0 bridgehead atoms. The van der Waals surface area contributed by atoms with E-state index in [4.69, 9.17) is 5.73 Å². The van der Waals surface area contributed by atoms with Crippen LogP contribution in [0, 0.1) is 0 Å². The predicted molar refractivity (Wildman–Crippen MR) is 92.8 cm³/mol. The van der Waals surface area contributed by atoms with E-state index in [2.05, 4.69) is 15.3 Å². The Morgan fingerprint density at radius 1 is 1.12 bits per heavy atom. The van der Waals surface area contributed by atoms with Crippen LogP contribution < -0.4 is 11.1 Å². The Morgan fingerprint density at radius 3 is 2.62 bits per heavy atom. The highest BCUT2D eigenvalue weighted by Crippen LogP contribution is 2.29.